The molecule has 0 radical (unpaired) electrons. The Balaban J connectivity index is 1.78. The molecule has 2 aromatic carbocycles. The Kier molecular flexibility index (Phi) is 6.89. The van der Waals surface area contributed by atoms with Gasteiger partial charge in [0.05, 0.1) is 24.0 Å². The topological polar surface area (TPSA) is 64.1 Å². The zero-order chi connectivity index (χ0) is 24.5. The van der Waals surface area contributed by atoms with Gasteiger partial charge in [0.25, 0.3) is 5.76 Å². The third-order valence-corrected chi connectivity index (χ3v) is 6.44. The highest BCUT2D eigenvalue weighted by Gasteiger charge is 2.41. The van der Waals surface area contributed by atoms with Crippen molar-refractivity contribution < 1.29 is 32.3 Å². The van der Waals surface area contributed by atoms with Crippen molar-refractivity contribution in [1.82, 2.24) is 0 Å². The van der Waals surface area contributed by atoms with Gasteiger partial charge in [-0.2, -0.15) is 13.2 Å². The van der Waals surface area contributed by atoms with E-state index in [0.717, 1.165) is 49.2 Å². The third kappa shape index (κ3) is 5.06. The molecule has 8 heteroatoms. The van der Waals surface area contributed by atoms with E-state index in [0.29, 0.717) is 5.92 Å². The number of nitrogens with one attached hydrogen (secondary N) is 1. The molecule has 182 valence electrons. The molecule has 1 fully saturated rings. The molecule has 0 amide bonds. The van der Waals surface area contributed by atoms with Crippen LogP contribution >= 0.6 is 0 Å². The molecule has 0 saturated carbocycles. The largest absolute Gasteiger partial charge is 0.507 e. The highest BCUT2D eigenvalue weighted by Crippen LogP contribution is 2.39. The molecule has 1 saturated heterocycles. The van der Waals surface area contributed by atoms with Crippen LogP contribution in [-0.4, -0.2) is 18.2 Å². The number of quaternary nitrogens is 1. The van der Waals surface area contributed by atoms with Gasteiger partial charge in [0.15, 0.2) is 5.58 Å². The Hall–Kier alpha value is -3.00. The van der Waals surface area contributed by atoms with Crippen molar-refractivity contribution in [3.8, 4) is 17.2 Å². The number of ether oxygens (including phenoxy) is 1. The summed E-state index contributed by atoms with van der Waals surface area (Å²) >= 11 is 0. The molecule has 5 nitrogen and oxygen atoms in total. The van der Waals surface area contributed by atoms with Crippen LogP contribution in [-0.2, 0) is 19.1 Å². The summed E-state index contributed by atoms with van der Waals surface area (Å²) in [6, 6.07) is 9.21. The minimum atomic E-state index is -4.96. The second-order valence-corrected chi connectivity index (χ2v) is 9.13. The van der Waals surface area contributed by atoms with Crippen molar-refractivity contribution in [2.45, 2.75) is 52.3 Å². The van der Waals surface area contributed by atoms with Crippen LogP contribution in [0.2, 0.25) is 0 Å². The first kappa shape index (κ1) is 24.1. The molecule has 0 bridgehead atoms. The second kappa shape index (κ2) is 9.70. The number of halogens is 3. The molecule has 1 aromatic heterocycles. The zero-order valence-corrected chi connectivity index (χ0v) is 19.3. The predicted octanol–water partition coefficient (Wildman–Crippen LogP) is 5.08. The number of alkyl halides is 3. The van der Waals surface area contributed by atoms with Crippen LogP contribution in [0.15, 0.2) is 45.6 Å². The van der Waals surface area contributed by atoms with Gasteiger partial charge in [-0.15, -0.1) is 0 Å². The van der Waals surface area contributed by atoms with Crippen LogP contribution in [0.1, 0.15) is 50.0 Å². The Labute approximate surface area is 195 Å². The lowest BCUT2D eigenvalue weighted by molar-refractivity contribution is -0.919. The maximum atomic E-state index is 14.0. The molecule has 0 atom stereocenters. The SMILES string of the molecule is CCCc1ccc(Oc2c(C(F)(F)F)oc3c(C[NH+]4CCC(C)CC4)c(O)ccc3c2=O)cc1. The summed E-state index contributed by atoms with van der Waals surface area (Å²) in [5.74, 6) is -1.89. The van der Waals surface area contributed by atoms with Crippen molar-refractivity contribution in [1.29, 1.82) is 0 Å². The Bertz CT molecular complexity index is 1210. The fourth-order valence-corrected chi connectivity index (χ4v) is 4.46. The van der Waals surface area contributed by atoms with E-state index in [9.17, 15) is 23.1 Å². The summed E-state index contributed by atoms with van der Waals surface area (Å²) in [5, 5.41) is 10.4. The van der Waals surface area contributed by atoms with Crippen LogP contribution in [0.5, 0.6) is 17.2 Å². The lowest BCUT2D eigenvalue weighted by Gasteiger charge is -2.27. The maximum absolute atomic E-state index is 14.0. The number of hydrogen-bond donors (Lipinski definition) is 2. The van der Waals surface area contributed by atoms with Gasteiger partial charge in [-0.25, -0.2) is 0 Å². The smallest absolute Gasteiger partial charge is 0.453 e. The third-order valence-electron chi connectivity index (χ3n) is 6.44. The van der Waals surface area contributed by atoms with Crippen LogP contribution in [0.3, 0.4) is 0 Å². The number of fused-ring (bicyclic) bond motifs is 1. The van der Waals surface area contributed by atoms with Crippen molar-refractivity contribution in [3.05, 3.63) is 63.5 Å². The summed E-state index contributed by atoms with van der Waals surface area (Å²) in [7, 11) is 0. The highest BCUT2D eigenvalue weighted by atomic mass is 19.4. The van der Waals surface area contributed by atoms with Gasteiger partial charge in [-0.05, 0) is 55.0 Å². The van der Waals surface area contributed by atoms with Crippen LogP contribution in [0, 0.1) is 5.92 Å². The quantitative estimate of drug-likeness (QED) is 0.521. The average Bonchev–Trinajstić information content (AvgIpc) is 2.79. The zero-order valence-electron chi connectivity index (χ0n) is 19.3. The number of likely N-dealkylation sites (tertiary alicyclic amines) is 1. The first-order valence-electron chi connectivity index (χ1n) is 11.7. The van der Waals surface area contributed by atoms with Gasteiger partial charge in [0.2, 0.25) is 11.2 Å². The molecule has 3 aromatic rings. The van der Waals surface area contributed by atoms with Gasteiger partial charge >= 0.3 is 6.18 Å². The van der Waals surface area contributed by atoms with Gasteiger partial charge < -0.3 is 19.2 Å². The summed E-state index contributed by atoms with van der Waals surface area (Å²) in [6.07, 6.45) is -1.21. The molecular formula is C26H29F3NO4+. The second-order valence-electron chi connectivity index (χ2n) is 9.13. The average molecular weight is 477 g/mol. The molecule has 1 aliphatic rings. The maximum Gasteiger partial charge on any atom is 0.453 e. The number of hydrogen-bond acceptors (Lipinski definition) is 4. The van der Waals surface area contributed by atoms with E-state index in [1.165, 1.54) is 24.3 Å². The van der Waals surface area contributed by atoms with E-state index in [-0.39, 0.29) is 34.6 Å². The number of piperidine rings is 1. The van der Waals surface area contributed by atoms with Gasteiger partial charge in [0.1, 0.15) is 18.0 Å². The summed E-state index contributed by atoms with van der Waals surface area (Å²) in [5.41, 5.74) is 0.0649. The van der Waals surface area contributed by atoms with E-state index in [2.05, 4.69) is 6.92 Å². The Morgan fingerprint density at radius 3 is 2.41 bits per heavy atom. The van der Waals surface area contributed by atoms with Crippen molar-refractivity contribution in [2.24, 2.45) is 5.92 Å². The van der Waals surface area contributed by atoms with E-state index in [4.69, 9.17) is 9.15 Å². The molecule has 34 heavy (non-hydrogen) atoms. The summed E-state index contributed by atoms with van der Waals surface area (Å²) in [4.78, 5) is 14.3. The number of phenols is 1. The van der Waals surface area contributed by atoms with E-state index in [1.54, 1.807) is 12.1 Å². The normalized spacial score (nSPS) is 18.9. The lowest BCUT2D eigenvalue weighted by atomic mass is 9.98. The molecule has 2 N–H and O–H groups in total. The fourth-order valence-electron chi connectivity index (χ4n) is 4.46. The Morgan fingerprint density at radius 2 is 1.79 bits per heavy atom. The molecule has 0 spiro atoms. The molecule has 0 aliphatic carbocycles. The standard InChI is InChI=1S/C26H28F3NO4/c1-3-4-17-5-7-18(8-6-17)33-24-22(32)19-9-10-21(31)20(15-30-13-11-16(2)12-14-30)23(19)34-25(24)26(27,28)29/h5-10,16,31H,3-4,11-15H2,1-2H3/p+1. The molecule has 0 unspecified atom stereocenters. The fraction of sp³-hybridized carbons (Fsp3) is 0.423. The summed E-state index contributed by atoms with van der Waals surface area (Å²) < 4.78 is 52.7. The molecular weight excluding hydrogens is 447 g/mol. The molecule has 2 heterocycles. The minimum absolute atomic E-state index is 0.0526. The number of aryl methyl sites for hydroxylation is 1. The Morgan fingerprint density at radius 1 is 1.12 bits per heavy atom. The monoisotopic (exact) mass is 476 g/mol. The van der Waals surface area contributed by atoms with Gasteiger partial charge in [0, 0.05) is 0 Å². The minimum Gasteiger partial charge on any atom is -0.507 e. The van der Waals surface area contributed by atoms with Gasteiger partial charge in [-0.3, -0.25) is 4.79 Å². The number of aromatic hydroxyl groups is 1. The van der Waals surface area contributed by atoms with Crippen molar-refractivity contribution >= 4 is 11.0 Å². The summed E-state index contributed by atoms with van der Waals surface area (Å²) in [6.45, 7) is 6.14. The van der Waals surface area contributed by atoms with Crippen LogP contribution in [0.4, 0.5) is 13.2 Å². The van der Waals surface area contributed by atoms with Gasteiger partial charge in [-0.1, -0.05) is 32.4 Å². The van der Waals surface area contributed by atoms with E-state index >= 15 is 0 Å². The van der Waals surface area contributed by atoms with Crippen LogP contribution < -0.4 is 15.1 Å². The van der Waals surface area contributed by atoms with Crippen molar-refractivity contribution in [3.63, 3.8) is 0 Å². The number of phenolic OH excluding ortho intramolecular Hbond substituents is 1. The van der Waals surface area contributed by atoms with E-state index in [1.807, 2.05) is 6.92 Å². The predicted molar refractivity (Wildman–Crippen MR) is 122 cm³/mol. The van der Waals surface area contributed by atoms with E-state index < -0.39 is 23.1 Å². The lowest BCUT2D eigenvalue weighted by Crippen LogP contribution is -3.11. The number of rotatable bonds is 6. The first-order valence-corrected chi connectivity index (χ1v) is 11.7. The molecule has 4 rings (SSSR count). The molecule has 1 aliphatic heterocycles. The van der Waals surface area contributed by atoms with Crippen molar-refractivity contribution in [2.75, 3.05) is 13.1 Å². The van der Waals surface area contributed by atoms with Crippen LogP contribution in [0.25, 0.3) is 11.0 Å². The highest BCUT2D eigenvalue weighted by molar-refractivity contribution is 5.83. The first-order chi connectivity index (χ1) is 16.2. The number of benzene rings is 2.